The molecule has 24 heavy (non-hydrogen) atoms. The molecule has 0 aliphatic rings. The maximum atomic E-state index is 4.52. The lowest BCUT2D eigenvalue weighted by Crippen LogP contribution is -2.17. The van der Waals surface area contributed by atoms with Crippen LogP contribution in [-0.2, 0) is 0 Å². The Kier molecular flexibility index (Phi) is 5.18. The molecule has 0 aliphatic carbocycles. The summed E-state index contributed by atoms with van der Waals surface area (Å²) >= 11 is 0. The first kappa shape index (κ1) is 16.1. The molecule has 3 aromatic rings. The van der Waals surface area contributed by atoms with Crippen LogP contribution in [-0.4, -0.2) is 47.0 Å². The first-order valence-corrected chi connectivity index (χ1v) is 8.05. The van der Waals surface area contributed by atoms with Gasteiger partial charge in [-0.15, -0.1) is 0 Å². The number of hydrogen-bond donors (Lipinski definition) is 2. The van der Waals surface area contributed by atoms with E-state index in [1.807, 2.05) is 36.4 Å². The van der Waals surface area contributed by atoms with E-state index in [9.17, 15) is 0 Å². The molecule has 0 aliphatic heterocycles. The van der Waals surface area contributed by atoms with E-state index in [0.29, 0.717) is 5.95 Å². The van der Waals surface area contributed by atoms with Gasteiger partial charge in [-0.3, -0.25) is 4.98 Å². The molecule has 0 bridgehead atoms. The van der Waals surface area contributed by atoms with Crippen molar-refractivity contribution in [2.75, 3.05) is 37.8 Å². The van der Waals surface area contributed by atoms with Crippen molar-refractivity contribution >= 4 is 28.4 Å². The largest absolute Gasteiger partial charge is 0.354 e. The lowest BCUT2D eigenvalue weighted by molar-refractivity contribution is 0.405. The number of aromatic nitrogens is 3. The third-order valence-corrected chi connectivity index (χ3v) is 3.62. The van der Waals surface area contributed by atoms with Crippen LogP contribution in [0.2, 0.25) is 0 Å². The van der Waals surface area contributed by atoms with Crippen LogP contribution >= 0.6 is 0 Å². The van der Waals surface area contributed by atoms with Gasteiger partial charge < -0.3 is 15.5 Å². The van der Waals surface area contributed by atoms with Crippen LogP contribution in [0.4, 0.5) is 17.5 Å². The molecule has 2 heterocycles. The second-order valence-electron chi connectivity index (χ2n) is 5.85. The van der Waals surface area contributed by atoms with Gasteiger partial charge in [-0.1, -0.05) is 18.2 Å². The zero-order chi connectivity index (χ0) is 16.8. The summed E-state index contributed by atoms with van der Waals surface area (Å²) in [4.78, 5) is 15.4. The number of fused-ring (bicyclic) bond motifs is 1. The number of rotatable bonds is 7. The second-order valence-corrected chi connectivity index (χ2v) is 5.85. The Bertz CT molecular complexity index is 797. The number of nitrogens with zero attached hydrogens (tertiary/aromatic N) is 4. The van der Waals surface area contributed by atoms with E-state index in [-0.39, 0.29) is 0 Å². The van der Waals surface area contributed by atoms with Gasteiger partial charge in [-0.2, -0.15) is 4.98 Å². The van der Waals surface area contributed by atoms with Crippen LogP contribution in [0.3, 0.4) is 0 Å². The van der Waals surface area contributed by atoms with Gasteiger partial charge in [0.25, 0.3) is 0 Å². The zero-order valence-corrected chi connectivity index (χ0v) is 14.0. The SMILES string of the molecule is CN(C)CCCNc1nccc(Nc2cccc3cccnc23)n1. The summed E-state index contributed by atoms with van der Waals surface area (Å²) in [5, 5.41) is 7.69. The van der Waals surface area contributed by atoms with E-state index in [1.165, 1.54) is 0 Å². The number of nitrogens with one attached hydrogen (secondary N) is 2. The molecular weight excluding hydrogens is 300 g/mol. The Balaban J connectivity index is 1.70. The van der Waals surface area contributed by atoms with Crippen LogP contribution < -0.4 is 10.6 Å². The van der Waals surface area contributed by atoms with Crippen molar-refractivity contribution in [3.05, 3.63) is 48.8 Å². The maximum Gasteiger partial charge on any atom is 0.224 e. The van der Waals surface area contributed by atoms with Crippen LogP contribution in [0.1, 0.15) is 6.42 Å². The normalized spacial score (nSPS) is 11.0. The van der Waals surface area contributed by atoms with Crippen LogP contribution in [0.5, 0.6) is 0 Å². The van der Waals surface area contributed by atoms with Crippen LogP contribution in [0.25, 0.3) is 10.9 Å². The Morgan fingerprint density at radius 2 is 1.88 bits per heavy atom. The summed E-state index contributed by atoms with van der Waals surface area (Å²) in [6.45, 7) is 1.88. The highest BCUT2D eigenvalue weighted by molar-refractivity contribution is 5.91. The van der Waals surface area contributed by atoms with Crippen molar-refractivity contribution in [2.24, 2.45) is 0 Å². The summed E-state index contributed by atoms with van der Waals surface area (Å²) in [6.07, 6.45) is 4.59. The second kappa shape index (κ2) is 7.70. The van der Waals surface area contributed by atoms with E-state index in [0.717, 1.165) is 41.9 Å². The molecule has 3 rings (SSSR count). The van der Waals surface area contributed by atoms with Gasteiger partial charge >= 0.3 is 0 Å². The Hall–Kier alpha value is -2.73. The highest BCUT2D eigenvalue weighted by Crippen LogP contribution is 2.23. The Morgan fingerprint density at radius 3 is 2.75 bits per heavy atom. The maximum absolute atomic E-state index is 4.52. The Morgan fingerprint density at radius 1 is 1.00 bits per heavy atom. The van der Waals surface area contributed by atoms with E-state index >= 15 is 0 Å². The third kappa shape index (κ3) is 4.17. The summed E-state index contributed by atoms with van der Waals surface area (Å²) < 4.78 is 0. The fourth-order valence-electron chi connectivity index (χ4n) is 2.45. The minimum absolute atomic E-state index is 0.631. The Labute approximate surface area is 142 Å². The van der Waals surface area contributed by atoms with Crippen LogP contribution in [0, 0.1) is 0 Å². The van der Waals surface area contributed by atoms with Gasteiger partial charge in [0.1, 0.15) is 5.82 Å². The molecule has 0 saturated carbocycles. The van der Waals surface area contributed by atoms with Crippen molar-refractivity contribution < 1.29 is 0 Å². The summed E-state index contributed by atoms with van der Waals surface area (Å²) in [6, 6.07) is 11.9. The summed E-state index contributed by atoms with van der Waals surface area (Å²) in [5.41, 5.74) is 1.87. The van der Waals surface area contributed by atoms with Crippen molar-refractivity contribution in [3.63, 3.8) is 0 Å². The van der Waals surface area contributed by atoms with Crippen molar-refractivity contribution in [2.45, 2.75) is 6.42 Å². The molecule has 1 aromatic carbocycles. The fraction of sp³-hybridized carbons (Fsp3) is 0.278. The highest BCUT2D eigenvalue weighted by atomic mass is 15.1. The van der Waals surface area contributed by atoms with Gasteiger partial charge in [-0.25, -0.2) is 4.98 Å². The number of anilines is 3. The molecule has 0 unspecified atom stereocenters. The van der Waals surface area contributed by atoms with Crippen LogP contribution in [0.15, 0.2) is 48.8 Å². The molecule has 6 heteroatoms. The lowest BCUT2D eigenvalue weighted by atomic mass is 10.2. The van der Waals surface area contributed by atoms with Gasteiger partial charge in [0.2, 0.25) is 5.95 Å². The lowest BCUT2D eigenvalue weighted by Gasteiger charge is -2.11. The molecule has 0 atom stereocenters. The average molecular weight is 322 g/mol. The molecule has 0 spiro atoms. The third-order valence-electron chi connectivity index (χ3n) is 3.62. The molecule has 0 radical (unpaired) electrons. The molecule has 2 N–H and O–H groups in total. The van der Waals surface area contributed by atoms with Crippen molar-refractivity contribution in [1.82, 2.24) is 19.9 Å². The van der Waals surface area contributed by atoms with E-state index < -0.39 is 0 Å². The first-order chi connectivity index (χ1) is 11.7. The van der Waals surface area contributed by atoms with Gasteiger partial charge in [-0.05, 0) is 45.3 Å². The van der Waals surface area contributed by atoms with E-state index in [1.54, 1.807) is 12.4 Å². The number of pyridine rings is 1. The predicted octanol–water partition coefficient (Wildman–Crippen LogP) is 3.13. The van der Waals surface area contributed by atoms with Gasteiger partial charge in [0.05, 0.1) is 11.2 Å². The summed E-state index contributed by atoms with van der Waals surface area (Å²) in [5.74, 6) is 1.38. The minimum atomic E-state index is 0.631. The minimum Gasteiger partial charge on any atom is -0.354 e. The smallest absolute Gasteiger partial charge is 0.224 e. The monoisotopic (exact) mass is 322 g/mol. The number of para-hydroxylation sites is 1. The topological polar surface area (TPSA) is 66.0 Å². The standard InChI is InChI=1S/C18H22N6/c1-24(2)13-5-11-20-18-21-12-9-16(23-18)22-15-8-3-6-14-7-4-10-19-17(14)15/h3-4,6-10,12H,5,11,13H2,1-2H3,(H2,20,21,22,23). The van der Waals surface area contributed by atoms with Crippen molar-refractivity contribution in [1.29, 1.82) is 0 Å². The first-order valence-electron chi connectivity index (χ1n) is 8.05. The molecule has 0 fully saturated rings. The number of hydrogen-bond acceptors (Lipinski definition) is 6. The highest BCUT2D eigenvalue weighted by Gasteiger charge is 2.04. The molecule has 0 amide bonds. The van der Waals surface area contributed by atoms with E-state index in [2.05, 4.69) is 44.6 Å². The number of benzene rings is 1. The molecule has 0 saturated heterocycles. The molecule has 2 aromatic heterocycles. The quantitative estimate of drug-likeness (QED) is 0.652. The summed E-state index contributed by atoms with van der Waals surface area (Å²) in [7, 11) is 4.14. The molecule has 124 valence electrons. The van der Waals surface area contributed by atoms with Crippen molar-refractivity contribution in [3.8, 4) is 0 Å². The zero-order valence-electron chi connectivity index (χ0n) is 14.0. The predicted molar refractivity (Wildman–Crippen MR) is 98.7 cm³/mol. The van der Waals surface area contributed by atoms with Gasteiger partial charge in [0.15, 0.2) is 0 Å². The molecule has 6 nitrogen and oxygen atoms in total. The van der Waals surface area contributed by atoms with E-state index in [4.69, 9.17) is 0 Å². The molecular formula is C18H22N6. The van der Waals surface area contributed by atoms with Gasteiger partial charge in [0, 0.05) is 24.3 Å². The average Bonchev–Trinajstić information content (AvgIpc) is 2.59. The fourth-order valence-corrected chi connectivity index (χ4v) is 2.45.